The Bertz CT molecular complexity index is 1070. The van der Waals surface area contributed by atoms with E-state index in [0.717, 1.165) is 5.39 Å². The summed E-state index contributed by atoms with van der Waals surface area (Å²) in [5, 5.41) is 2.07. The van der Waals surface area contributed by atoms with Crippen molar-refractivity contribution in [3.63, 3.8) is 0 Å². The zero-order valence-electron chi connectivity index (χ0n) is 14.6. The molecule has 1 fully saturated rings. The van der Waals surface area contributed by atoms with Crippen LogP contribution < -0.4 is 9.62 Å². The van der Waals surface area contributed by atoms with Gasteiger partial charge >= 0.3 is 0 Å². The second-order valence-corrected chi connectivity index (χ2v) is 8.38. The van der Waals surface area contributed by atoms with Gasteiger partial charge in [0, 0.05) is 18.5 Å². The molecule has 0 aromatic heterocycles. The van der Waals surface area contributed by atoms with Crippen molar-refractivity contribution >= 4 is 43.8 Å². The van der Waals surface area contributed by atoms with E-state index in [0.29, 0.717) is 48.1 Å². The number of hydrogen-bond acceptors (Lipinski definition) is 4. The lowest BCUT2D eigenvalue weighted by atomic mass is 10.1. The van der Waals surface area contributed by atoms with E-state index in [9.17, 15) is 8.42 Å². The highest BCUT2D eigenvalue weighted by Crippen LogP contribution is 2.36. The second kappa shape index (κ2) is 7.38. The smallest absolute Gasteiger partial charge is 0.262 e. The molecule has 27 heavy (non-hydrogen) atoms. The van der Waals surface area contributed by atoms with Crippen LogP contribution in [0.25, 0.3) is 10.8 Å². The summed E-state index contributed by atoms with van der Waals surface area (Å²) in [5.74, 6) is 0. The number of hydrogen-bond donors (Lipinski definition) is 1. The van der Waals surface area contributed by atoms with Crippen LogP contribution >= 0.6 is 11.6 Å². The highest BCUT2D eigenvalue weighted by Gasteiger charge is 2.23. The molecule has 1 saturated heterocycles. The van der Waals surface area contributed by atoms with E-state index in [4.69, 9.17) is 16.3 Å². The molecule has 7 heteroatoms. The number of nitrogens with one attached hydrogen (secondary N) is 1. The van der Waals surface area contributed by atoms with Gasteiger partial charge < -0.3 is 9.64 Å². The van der Waals surface area contributed by atoms with E-state index < -0.39 is 10.0 Å². The quantitative estimate of drug-likeness (QED) is 0.712. The van der Waals surface area contributed by atoms with Crippen molar-refractivity contribution in [3.05, 3.63) is 65.7 Å². The first-order chi connectivity index (χ1) is 13.1. The third-order valence-corrected chi connectivity index (χ3v) is 6.33. The Morgan fingerprint density at radius 1 is 0.926 bits per heavy atom. The Balaban J connectivity index is 1.76. The van der Waals surface area contributed by atoms with Crippen LogP contribution in [0.2, 0.25) is 5.02 Å². The first kappa shape index (κ1) is 18.1. The number of rotatable bonds is 4. The van der Waals surface area contributed by atoms with Crippen LogP contribution in [0.3, 0.4) is 0 Å². The number of fused-ring (bicyclic) bond motifs is 1. The van der Waals surface area contributed by atoms with E-state index in [-0.39, 0.29) is 4.90 Å². The Morgan fingerprint density at radius 3 is 2.44 bits per heavy atom. The molecule has 1 heterocycles. The van der Waals surface area contributed by atoms with Gasteiger partial charge in [0.2, 0.25) is 0 Å². The molecule has 0 saturated carbocycles. The lowest BCUT2D eigenvalue weighted by molar-refractivity contribution is 0.123. The fourth-order valence-electron chi connectivity index (χ4n) is 3.34. The molecule has 0 unspecified atom stereocenters. The standard InChI is InChI=1S/C20H19ClN2O3S/c21-17-8-4-9-18(20(17)23-11-13-26-14-12-23)22-27(24,25)19-10-3-6-15-5-1-2-7-16(15)19/h1-10,22H,11-14H2. The summed E-state index contributed by atoms with van der Waals surface area (Å²) in [4.78, 5) is 2.29. The van der Waals surface area contributed by atoms with Crippen LogP contribution in [0.1, 0.15) is 0 Å². The predicted octanol–water partition coefficient (Wildman–Crippen LogP) is 4.13. The Kier molecular flexibility index (Phi) is 4.95. The van der Waals surface area contributed by atoms with Crippen LogP contribution in [0.15, 0.2) is 65.6 Å². The Hall–Kier alpha value is -2.28. The van der Waals surface area contributed by atoms with Crippen molar-refractivity contribution in [2.75, 3.05) is 35.9 Å². The minimum Gasteiger partial charge on any atom is -0.378 e. The number of nitrogens with zero attached hydrogens (tertiary/aromatic N) is 1. The molecule has 3 aromatic rings. The number of anilines is 2. The van der Waals surface area contributed by atoms with Crippen molar-refractivity contribution < 1.29 is 13.2 Å². The molecule has 0 atom stereocenters. The molecule has 1 N–H and O–H groups in total. The maximum absolute atomic E-state index is 13.2. The molecule has 0 amide bonds. The molecule has 1 aliphatic rings. The van der Waals surface area contributed by atoms with E-state index in [2.05, 4.69) is 4.72 Å². The van der Waals surface area contributed by atoms with Gasteiger partial charge in [0.15, 0.2) is 0 Å². The third-order valence-electron chi connectivity index (χ3n) is 4.60. The summed E-state index contributed by atoms with van der Waals surface area (Å²) in [6.45, 7) is 2.49. The molecule has 0 bridgehead atoms. The van der Waals surface area contributed by atoms with Crippen molar-refractivity contribution in [3.8, 4) is 0 Å². The first-order valence-electron chi connectivity index (χ1n) is 8.68. The zero-order valence-corrected chi connectivity index (χ0v) is 16.1. The van der Waals surface area contributed by atoms with E-state index in [1.807, 2.05) is 35.2 Å². The third kappa shape index (κ3) is 3.60. The monoisotopic (exact) mass is 402 g/mol. The molecule has 0 aliphatic carbocycles. The normalized spacial score (nSPS) is 15.1. The lowest BCUT2D eigenvalue weighted by Gasteiger charge is -2.31. The minimum atomic E-state index is -3.78. The van der Waals surface area contributed by atoms with E-state index in [1.165, 1.54) is 0 Å². The summed E-state index contributed by atoms with van der Waals surface area (Å²) >= 11 is 6.42. The Morgan fingerprint density at radius 2 is 1.63 bits per heavy atom. The van der Waals surface area contributed by atoms with Crippen molar-refractivity contribution in [2.45, 2.75) is 4.90 Å². The SMILES string of the molecule is O=S(=O)(Nc1cccc(Cl)c1N1CCOCC1)c1cccc2ccccc12. The predicted molar refractivity (Wildman–Crippen MR) is 109 cm³/mol. The van der Waals surface area contributed by atoms with Gasteiger partial charge in [-0.2, -0.15) is 0 Å². The molecule has 0 radical (unpaired) electrons. The van der Waals surface area contributed by atoms with E-state index in [1.54, 1.807) is 30.3 Å². The summed E-state index contributed by atoms with van der Waals surface area (Å²) in [7, 11) is -3.78. The molecular weight excluding hydrogens is 384 g/mol. The molecule has 140 valence electrons. The van der Waals surface area contributed by atoms with Crippen LogP contribution in [-0.2, 0) is 14.8 Å². The average molecular weight is 403 g/mol. The van der Waals surface area contributed by atoms with Gasteiger partial charge in [0.25, 0.3) is 10.0 Å². The summed E-state index contributed by atoms with van der Waals surface area (Å²) in [6.07, 6.45) is 0. The van der Waals surface area contributed by atoms with Gasteiger partial charge in [0.05, 0.1) is 34.5 Å². The highest BCUT2D eigenvalue weighted by atomic mass is 35.5. The van der Waals surface area contributed by atoms with Gasteiger partial charge in [0.1, 0.15) is 0 Å². The molecule has 5 nitrogen and oxygen atoms in total. The van der Waals surface area contributed by atoms with Crippen molar-refractivity contribution in [1.29, 1.82) is 0 Å². The summed E-state index contributed by atoms with van der Waals surface area (Å²) in [5.41, 5.74) is 1.16. The largest absolute Gasteiger partial charge is 0.378 e. The second-order valence-electron chi connectivity index (χ2n) is 6.32. The molecule has 3 aromatic carbocycles. The fraction of sp³-hybridized carbons (Fsp3) is 0.200. The number of ether oxygens (including phenoxy) is 1. The number of morpholine rings is 1. The summed E-state index contributed by atoms with van der Waals surface area (Å²) < 4.78 is 34.5. The first-order valence-corrected chi connectivity index (χ1v) is 10.5. The fourth-order valence-corrected chi connectivity index (χ4v) is 4.93. The number of sulfonamides is 1. The van der Waals surface area contributed by atoms with Crippen LogP contribution in [-0.4, -0.2) is 34.7 Å². The maximum atomic E-state index is 13.2. The molecule has 1 aliphatic heterocycles. The molecule has 0 spiro atoms. The van der Waals surface area contributed by atoms with Crippen LogP contribution in [0, 0.1) is 0 Å². The minimum absolute atomic E-state index is 0.244. The van der Waals surface area contributed by atoms with Gasteiger partial charge in [-0.3, -0.25) is 4.72 Å². The van der Waals surface area contributed by atoms with Gasteiger partial charge in [-0.15, -0.1) is 0 Å². The van der Waals surface area contributed by atoms with Gasteiger partial charge in [-0.1, -0.05) is 54.1 Å². The average Bonchev–Trinajstić information content (AvgIpc) is 2.68. The lowest BCUT2D eigenvalue weighted by Crippen LogP contribution is -2.37. The molecular formula is C20H19ClN2O3S. The van der Waals surface area contributed by atoms with Crippen LogP contribution in [0.5, 0.6) is 0 Å². The summed E-state index contributed by atoms with van der Waals surface area (Å²) in [6, 6.07) is 17.9. The van der Waals surface area contributed by atoms with Crippen molar-refractivity contribution in [2.24, 2.45) is 0 Å². The van der Waals surface area contributed by atoms with Crippen molar-refractivity contribution in [1.82, 2.24) is 0 Å². The van der Waals surface area contributed by atoms with Crippen LogP contribution in [0.4, 0.5) is 11.4 Å². The topological polar surface area (TPSA) is 58.6 Å². The highest BCUT2D eigenvalue weighted by molar-refractivity contribution is 7.93. The van der Waals surface area contributed by atoms with Gasteiger partial charge in [-0.25, -0.2) is 8.42 Å². The molecule has 4 rings (SSSR count). The zero-order chi connectivity index (χ0) is 18.9. The van der Waals surface area contributed by atoms with E-state index >= 15 is 0 Å². The number of para-hydroxylation sites is 1. The Labute approximate surface area is 163 Å². The number of benzene rings is 3. The maximum Gasteiger partial charge on any atom is 0.262 e. The number of halogens is 1. The van der Waals surface area contributed by atoms with Gasteiger partial charge in [-0.05, 0) is 23.6 Å².